The molecule has 6 heteroatoms. The van der Waals surface area contributed by atoms with Crippen LogP contribution in [-0.2, 0) is 19.2 Å². The molecule has 0 spiro atoms. The average molecular weight is 202 g/mol. The van der Waals surface area contributed by atoms with Gasteiger partial charge in [0.25, 0.3) is 5.91 Å². The second-order valence-corrected chi connectivity index (χ2v) is 3.26. The van der Waals surface area contributed by atoms with Crippen LogP contribution < -0.4 is 10.8 Å². The highest BCUT2D eigenvalue weighted by Gasteiger charge is 2.26. The first-order valence-corrected chi connectivity index (χ1v) is 4.42. The minimum atomic E-state index is -0.599. The molecule has 2 amide bonds. The molecule has 0 bridgehead atoms. The molecule has 1 fully saturated rings. The van der Waals surface area contributed by atoms with Crippen molar-refractivity contribution < 1.29 is 19.2 Å². The lowest BCUT2D eigenvalue weighted by molar-refractivity contribution is -0.131. The Bertz CT molecular complexity index is 229. The molecule has 1 aliphatic heterocycles. The number of rotatable bonds is 4. The third-order valence-corrected chi connectivity index (χ3v) is 1.62. The summed E-state index contributed by atoms with van der Waals surface area (Å²) >= 11 is 0. The summed E-state index contributed by atoms with van der Waals surface area (Å²) < 4.78 is 5.06. The minimum Gasteiger partial charge on any atom is -0.369 e. The van der Waals surface area contributed by atoms with Crippen LogP contribution in [0.4, 0.5) is 0 Å². The van der Waals surface area contributed by atoms with Crippen LogP contribution in [-0.4, -0.2) is 37.2 Å². The summed E-state index contributed by atoms with van der Waals surface area (Å²) in [5, 5.41) is 2.48. The van der Waals surface area contributed by atoms with Gasteiger partial charge in [0.15, 0.2) is 0 Å². The normalized spacial score (nSPS) is 21.1. The number of carbonyl (C=O) groups excluding carboxylic acids is 2. The zero-order valence-electron chi connectivity index (χ0n) is 8.20. The SMILES string of the molecule is CC(C)OCC(=O)N[C@@H]1CONC1=O. The number of hydrogen-bond donors (Lipinski definition) is 2. The van der Waals surface area contributed by atoms with Crippen molar-refractivity contribution in [2.45, 2.75) is 26.0 Å². The van der Waals surface area contributed by atoms with Crippen molar-refractivity contribution in [3.63, 3.8) is 0 Å². The zero-order chi connectivity index (χ0) is 10.6. The van der Waals surface area contributed by atoms with Crippen LogP contribution in [0.5, 0.6) is 0 Å². The first-order valence-electron chi connectivity index (χ1n) is 4.42. The molecule has 1 atom stereocenters. The fourth-order valence-electron chi connectivity index (χ4n) is 0.929. The van der Waals surface area contributed by atoms with E-state index in [4.69, 9.17) is 4.74 Å². The highest BCUT2D eigenvalue weighted by molar-refractivity contribution is 5.88. The van der Waals surface area contributed by atoms with Gasteiger partial charge in [0.05, 0.1) is 6.10 Å². The Hall–Kier alpha value is -1.14. The second kappa shape index (κ2) is 4.92. The molecule has 0 unspecified atom stereocenters. The van der Waals surface area contributed by atoms with Crippen molar-refractivity contribution in [2.75, 3.05) is 13.2 Å². The van der Waals surface area contributed by atoms with Crippen molar-refractivity contribution in [3.05, 3.63) is 0 Å². The molecule has 0 aromatic rings. The number of ether oxygens (including phenoxy) is 1. The maximum atomic E-state index is 11.2. The zero-order valence-corrected chi connectivity index (χ0v) is 8.20. The van der Waals surface area contributed by atoms with Gasteiger partial charge in [0.1, 0.15) is 19.3 Å². The van der Waals surface area contributed by atoms with E-state index in [1.807, 2.05) is 13.8 Å². The molecule has 1 rings (SSSR count). The summed E-state index contributed by atoms with van der Waals surface area (Å²) in [6, 6.07) is -0.599. The molecular formula is C8H14N2O4. The Kier molecular flexibility index (Phi) is 3.84. The highest BCUT2D eigenvalue weighted by atomic mass is 16.7. The molecule has 14 heavy (non-hydrogen) atoms. The molecule has 2 N–H and O–H groups in total. The Morgan fingerprint density at radius 3 is 3.00 bits per heavy atom. The molecule has 80 valence electrons. The smallest absolute Gasteiger partial charge is 0.268 e. The van der Waals surface area contributed by atoms with E-state index in [1.54, 1.807) is 0 Å². The van der Waals surface area contributed by atoms with Gasteiger partial charge in [-0.15, -0.1) is 0 Å². The van der Waals surface area contributed by atoms with E-state index in [1.165, 1.54) is 0 Å². The van der Waals surface area contributed by atoms with E-state index in [9.17, 15) is 9.59 Å². The maximum absolute atomic E-state index is 11.2. The third-order valence-electron chi connectivity index (χ3n) is 1.62. The van der Waals surface area contributed by atoms with Gasteiger partial charge in [-0.25, -0.2) is 5.48 Å². The van der Waals surface area contributed by atoms with Crippen LogP contribution in [0.25, 0.3) is 0 Å². The maximum Gasteiger partial charge on any atom is 0.268 e. The third kappa shape index (κ3) is 3.31. The molecule has 0 saturated carbocycles. The van der Waals surface area contributed by atoms with Gasteiger partial charge in [-0.05, 0) is 13.8 Å². The standard InChI is InChI=1S/C8H14N2O4/c1-5(2)13-4-7(11)9-6-3-14-10-8(6)12/h5-6H,3-4H2,1-2H3,(H,9,11)(H,10,12)/t6-/m1/s1. The fraction of sp³-hybridized carbons (Fsp3) is 0.750. The molecular weight excluding hydrogens is 188 g/mol. The number of nitrogens with one attached hydrogen (secondary N) is 2. The fourth-order valence-corrected chi connectivity index (χ4v) is 0.929. The van der Waals surface area contributed by atoms with E-state index >= 15 is 0 Å². The average Bonchev–Trinajstić information content (AvgIpc) is 2.49. The Labute approximate surface area is 81.9 Å². The first-order chi connectivity index (χ1) is 6.59. The van der Waals surface area contributed by atoms with Crippen molar-refractivity contribution in [2.24, 2.45) is 0 Å². The van der Waals surface area contributed by atoms with Gasteiger partial charge in [0.2, 0.25) is 5.91 Å². The number of amides is 2. The lowest BCUT2D eigenvalue weighted by Gasteiger charge is -2.10. The van der Waals surface area contributed by atoms with E-state index in [-0.39, 0.29) is 31.1 Å². The second-order valence-electron chi connectivity index (χ2n) is 3.26. The molecule has 0 radical (unpaired) electrons. The Morgan fingerprint density at radius 1 is 1.79 bits per heavy atom. The van der Waals surface area contributed by atoms with Crippen molar-refractivity contribution in [1.82, 2.24) is 10.8 Å². The van der Waals surface area contributed by atoms with Gasteiger partial charge in [-0.3, -0.25) is 14.4 Å². The van der Waals surface area contributed by atoms with E-state index in [0.29, 0.717) is 0 Å². The summed E-state index contributed by atoms with van der Waals surface area (Å²) in [5.41, 5.74) is 2.15. The molecule has 1 aliphatic rings. The summed E-state index contributed by atoms with van der Waals surface area (Å²) in [4.78, 5) is 26.8. The van der Waals surface area contributed by atoms with Crippen molar-refractivity contribution in [1.29, 1.82) is 0 Å². The molecule has 6 nitrogen and oxygen atoms in total. The van der Waals surface area contributed by atoms with E-state index in [0.717, 1.165) is 0 Å². The van der Waals surface area contributed by atoms with Crippen molar-refractivity contribution >= 4 is 11.8 Å². The van der Waals surface area contributed by atoms with Crippen molar-refractivity contribution in [3.8, 4) is 0 Å². The predicted molar refractivity (Wildman–Crippen MR) is 47.1 cm³/mol. The predicted octanol–water partition coefficient (Wildman–Crippen LogP) is -1.04. The molecule has 0 aromatic carbocycles. The van der Waals surface area contributed by atoms with Gasteiger partial charge >= 0.3 is 0 Å². The molecule has 0 aromatic heterocycles. The minimum absolute atomic E-state index is 0.00518. The highest BCUT2D eigenvalue weighted by Crippen LogP contribution is 1.94. The van der Waals surface area contributed by atoms with Crippen LogP contribution in [0.3, 0.4) is 0 Å². The lowest BCUT2D eigenvalue weighted by Crippen LogP contribution is -2.43. The van der Waals surface area contributed by atoms with Crippen LogP contribution in [0.2, 0.25) is 0 Å². The molecule has 1 heterocycles. The molecule has 0 aliphatic carbocycles. The van der Waals surface area contributed by atoms with E-state index in [2.05, 4.69) is 15.6 Å². The lowest BCUT2D eigenvalue weighted by atomic mass is 10.3. The number of hydroxylamine groups is 1. The summed E-state index contributed by atoms with van der Waals surface area (Å²) in [5.74, 6) is -0.646. The number of hydrogen-bond acceptors (Lipinski definition) is 4. The molecule has 1 saturated heterocycles. The summed E-state index contributed by atoms with van der Waals surface area (Å²) in [7, 11) is 0. The van der Waals surface area contributed by atoms with Gasteiger partial charge in [0, 0.05) is 0 Å². The Balaban J connectivity index is 2.23. The van der Waals surface area contributed by atoms with E-state index < -0.39 is 6.04 Å². The van der Waals surface area contributed by atoms with Crippen LogP contribution >= 0.6 is 0 Å². The van der Waals surface area contributed by atoms with Crippen LogP contribution in [0.1, 0.15) is 13.8 Å². The largest absolute Gasteiger partial charge is 0.369 e. The summed E-state index contributed by atoms with van der Waals surface area (Å²) in [6.07, 6.45) is -0.00518. The van der Waals surface area contributed by atoms with Crippen LogP contribution in [0.15, 0.2) is 0 Å². The van der Waals surface area contributed by atoms with Crippen LogP contribution in [0, 0.1) is 0 Å². The first kappa shape index (κ1) is 10.9. The quantitative estimate of drug-likeness (QED) is 0.610. The number of carbonyl (C=O) groups is 2. The topological polar surface area (TPSA) is 76.7 Å². The van der Waals surface area contributed by atoms with Gasteiger partial charge in [-0.2, -0.15) is 0 Å². The monoisotopic (exact) mass is 202 g/mol. The summed E-state index contributed by atoms with van der Waals surface area (Å²) in [6.45, 7) is 3.78. The van der Waals surface area contributed by atoms with Gasteiger partial charge in [-0.1, -0.05) is 0 Å². The Morgan fingerprint density at radius 2 is 2.50 bits per heavy atom. The van der Waals surface area contributed by atoms with Gasteiger partial charge < -0.3 is 10.1 Å².